The van der Waals surface area contributed by atoms with Crippen molar-refractivity contribution in [1.82, 2.24) is 9.97 Å². The van der Waals surface area contributed by atoms with Gasteiger partial charge in [-0.25, -0.2) is 0 Å². The fourth-order valence-corrected chi connectivity index (χ4v) is 11.9. The first-order valence-corrected chi connectivity index (χ1v) is 17.3. The molecule has 0 radical (unpaired) electrons. The molecule has 2 nitrogen and oxygen atoms in total. The van der Waals surface area contributed by atoms with Crippen LogP contribution >= 0.6 is 17.2 Å². The number of hydrogen-bond donors (Lipinski definition) is 2. The van der Waals surface area contributed by atoms with E-state index in [2.05, 4.69) is 110 Å². The summed E-state index contributed by atoms with van der Waals surface area (Å²) in [6, 6.07) is 14.4. The lowest BCUT2D eigenvalue weighted by Crippen LogP contribution is -2.56. The van der Waals surface area contributed by atoms with Crippen LogP contribution in [0.3, 0.4) is 0 Å². The van der Waals surface area contributed by atoms with Crippen LogP contribution in [0.5, 0.6) is 0 Å². The molecule has 4 bridgehead atoms. The molecule has 4 saturated carbocycles. The SMILES string of the molecule is CC(C)(C)c1cc(CP(c2ccc[nH]2)c2ccc[nH]2)c(C23CC4CC(CC(C4)C2CP)C3)cc1C(C)(C)C. The highest BCUT2D eigenvalue weighted by Gasteiger charge is 2.57. The van der Waals surface area contributed by atoms with Gasteiger partial charge in [-0.05, 0) is 133 Å². The highest BCUT2D eigenvalue weighted by atomic mass is 31.1. The van der Waals surface area contributed by atoms with Crippen LogP contribution in [0.25, 0.3) is 0 Å². The summed E-state index contributed by atoms with van der Waals surface area (Å²) in [5.41, 5.74) is 9.80. The van der Waals surface area contributed by atoms with Gasteiger partial charge in [0.2, 0.25) is 0 Å². The van der Waals surface area contributed by atoms with Gasteiger partial charge in [0.25, 0.3) is 0 Å². The minimum absolute atomic E-state index is 0.110. The Labute approximate surface area is 234 Å². The predicted octanol–water partition coefficient (Wildman–Crippen LogP) is 8.14. The molecule has 0 saturated heterocycles. The van der Waals surface area contributed by atoms with E-state index in [0.29, 0.717) is 5.41 Å². The maximum absolute atomic E-state index is 3.61. The molecule has 3 aromatic rings. The summed E-state index contributed by atoms with van der Waals surface area (Å²) < 4.78 is 0. The van der Waals surface area contributed by atoms with Crippen molar-refractivity contribution in [2.24, 2.45) is 23.7 Å². The number of aromatic nitrogens is 2. The Hall–Kier alpha value is -1.36. The molecule has 204 valence electrons. The minimum atomic E-state index is -0.531. The normalized spacial score (nSPS) is 28.9. The molecule has 0 spiro atoms. The van der Waals surface area contributed by atoms with Gasteiger partial charge in [0.05, 0.1) is 0 Å². The zero-order chi connectivity index (χ0) is 26.9. The van der Waals surface area contributed by atoms with Crippen LogP contribution in [0.2, 0.25) is 0 Å². The van der Waals surface area contributed by atoms with Crippen molar-refractivity contribution >= 4 is 28.0 Å². The summed E-state index contributed by atoms with van der Waals surface area (Å²) in [6.45, 7) is 14.5. The van der Waals surface area contributed by atoms with Crippen molar-refractivity contribution in [3.8, 4) is 0 Å². The van der Waals surface area contributed by atoms with Crippen molar-refractivity contribution in [1.29, 1.82) is 0 Å². The maximum Gasteiger partial charge on any atom is 0.0448 e. The number of nitrogens with one attached hydrogen (secondary N) is 2. The van der Waals surface area contributed by atoms with Crippen molar-refractivity contribution in [3.05, 3.63) is 71.0 Å². The van der Waals surface area contributed by atoms with Gasteiger partial charge >= 0.3 is 0 Å². The molecule has 4 atom stereocenters. The third-order valence-corrected chi connectivity index (χ3v) is 13.1. The van der Waals surface area contributed by atoms with Crippen LogP contribution in [-0.2, 0) is 22.4 Å². The number of hydrogen-bond acceptors (Lipinski definition) is 0. The molecule has 0 aliphatic heterocycles. The molecule has 4 aliphatic carbocycles. The Morgan fingerprint density at radius 3 is 1.87 bits per heavy atom. The smallest absolute Gasteiger partial charge is 0.0448 e. The first-order chi connectivity index (χ1) is 18.0. The Morgan fingerprint density at radius 2 is 1.39 bits per heavy atom. The molecule has 2 heterocycles. The average molecular weight is 547 g/mol. The molecule has 4 aliphatic rings. The van der Waals surface area contributed by atoms with Crippen LogP contribution in [0, 0.1) is 23.7 Å². The summed E-state index contributed by atoms with van der Waals surface area (Å²) in [4.78, 5) is 7.21. The molecule has 1 aromatic carbocycles. The molecule has 2 N–H and O–H groups in total. The van der Waals surface area contributed by atoms with Crippen LogP contribution in [-0.4, -0.2) is 16.1 Å². The van der Waals surface area contributed by atoms with E-state index < -0.39 is 7.92 Å². The van der Waals surface area contributed by atoms with Gasteiger partial charge < -0.3 is 9.97 Å². The zero-order valence-corrected chi connectivity index (χ0v) is 26.5. The second-order valence-corrected chi connectivity index (χ2v) is 17.5. The maximum atomic E-state index is 3.61. The van der Waals surface area contributed by atoms with Gasteiger partial charge in [0, 0.05) is 29.4 Å². The fourth-order valence-electron chi connectivity index (χ4n) is 8.91. The average Bonchev–Trinajstić information content (AvgIpc) is 3.55. The van der Waals surface area contributed by atoms with E-state index in [1.165, 1.54) is 49.1 Å². The number of aromatic amines is 2. The van der Waals surface area contributed by atoms with Gasteiger partial charge in [-0.15, -0.1) is 9.24 Å². The summed E-state index contributed by atoms with van der Waals surface area (Å²) >= 11 is 0. The predicted molar refractivity (Wildman–Crippen MR) is 169 cm³/mol. The molecule has 4 unspecified atom stereocenters. The van der Waals surface area contributed by atoms with E-state index in [9.17, 15) is 0 Å². The lowest BCUT2D eigenvalue weighted by Gasteiger charge is -2.62. The topological polar surface area (TPSA) is 31.6 Å². The van der Waals surface area contributed by atoms with Gasteiger partial charge in [0.15, 0.2) is 0 Å². The second-order valence-electron chi connectivity index (χ2n) is 14.9. The van der Waals surface area contributed by atoms with E-state index in [4.69, 9.17) is 0 Å². The van der Waals surface area contributed by atoms with E-state index in [-0.39, 0.29) is 10.8 Å². The standard InChI is InChI=1S/C34H48N2P2/c1-32(2,3)27-16-25(21-38(30-9-7-11-35-30)31-10-8-12-36-31)26(17-28(27)33(4,5)6)34-18-22-13-23(19-34)15-24(14-22)29(34)20-37/h7-12,16-17,22-24,29,35-36H,13-15,18-21,37H2,1-6H3. The van der Waals surface area contributed by atoms with Crippen LogP contribution in [0.4, 0.5) is 0 Å². The molecule has 4 fully saturated rings. The first kappa shape index (κ1) is 26.8. The van der Waals surface area contributed by atoms with E-state index in [1.807, 2.05) is 0 Å². The third kappa shape index (κ3) is 4.57. The van der Waals surface area contributed by atoms with E-state index in [1.54, 1.807) is 22.3 Å². The van der Waals surface area contributed by atoms with Crippen LogP contribution < -0.4 is 10.9 Å². The monoisotopic (exact) mass is 546 g/mol. The lowest BCUT2D eigenvalue weighted by atomic mass is 9.43. The van der Waals surface area contributed by atoms with E-state index in [0.717, 1.165) is 29.8 Å². The van der Waals surface area contributed by atoms with Gasteiger partial charge in [-0.3, -0.25) is 0 Å². The van der Waals surface area contributed by atoms with Crippen LogP contribution in [0.1, 0.15) is 95.9 Å². The second kappa shape index (κ2) is 9.63. The van der Waals surface area contributed by atoms with Gasteiger partial charge in [-0.1, -0.05) is 53.7 Å². The fraction of sp³-hybridized carbons (Fsp3) is 0.588. The lowest BCUT2D eigenvalue weighted by molar-refractivity contribution is -0.0521. The summed E-state index contributed by atoms with van der Waals surface area (Å²) in [6.07, 6.45) is 13.8. The zero-order valence-electron chi connectivity index (χ0n) is 24.4. The molecule has 38 heavy (non-hydrogen) atoms. The van der Waals surface area contributed by atoms with Crippen molar-refractivity contribution < 1.29 is 0 Å². The summed E-state index contributed by atoms with van der Waals surface area (Å²) in [7, 11) is 2.66. The first-order valence-electron chi connectivity index (χ1n) is 14.9. The Morgan fingerprint density at radius 1 is 0.842 bits per heavy atom. The number of H-pyrrole nitrogens is 2. The summed E-state index contributed by atoms with van der Waals surface area (Å²) in [5.74, 6) is 3.58. The molecular weight excluding hydrogens is 498 g/mol. The quantitative estimate of drug-likeness (QED) is 0.293. The molecule has 0 amide bonds. The van der Waals surface area contributed by atoms with Gasteiger partial charge in [-0.2, -0.15) is 0 Å². The Balaban J connectivity index is 1.58. The minimum Gasteiger partial charge on any atom is -0.361 e. The molecule has 2 aromatic heterocycles. The summed E-state index contributed by atoms with van der Waals surface area (Å²) in [5, 5.41) is 0. The molecule has 4 heteroatoms. The highest BCUT2D eigenvalue weighted by Crippen LogP contribution is 2.65. The van der Waals surface area contributed by atoms with E-state index >= 15 is 0 Å². The number of benzene rings is 1. The van der Waals surface area contributed by atoms with Crippen molar-refractivity contribution in [3.63, 3.8) is 0 Å². The Bertz CT molecular complexity index is 1210. The number of rotatable bonds is 6. The highest BCUT2D eigenvalue weighted by molar-refractivity contribution is 7.71. The van der Waals surface area contributed by atoms with Crippen molar-refractivity contribution in [2.75, 3.05) is 6.16 Å². The van der Waals surface area contributed by atoms with Crippen LogP contribution in [0.15, 0.2) is 48.8 Å². The molecule has 7 rings (SSSR count). The molecular formula is C34H48N2P2. The van der Waals surface area contributed by atoms with Crippen molar-refractivity contribution in [2.45, 2.75) is 96.1 Å². The Kier molecular flexibility index (Phi) is 6.80. The third-order valence-electron chi connectivity index (χ3n) is 10.2. The largest absolute Gasteiger partial charge is 0.361 e. The van der Waals surface area contributed by atoms with Gasteiger partial charge in [0.1, 0.15) is 0 Å².